The maximum atomic E-state index is 14.0. The zero-order valence-electron chi connectivity index (χ0n) is 16.1. The average Bonchev–Trinajstić information content (AvgIpc) is 3.34. The van der Waals surface area contributed by atoms with Crippen LogP contribution in [0.2, 0.25) is 0 Å². The van der Waals surface area contributed by atoms with Crippen LogP contribution in [0.3, 0.4) is 0 Å². The van der Waals surface area contributed by atoms with Gasteiger partial charge in [0.2, 0.25) is 11.7 Å². The van der Waals surface area contributed by atoms with Crippen molar-refractivity contribution in [1.29, 1.82) is 0 Å². The molecule has 150 valence electrons. The average molecular weight is 398 g/mol. The molecule has 6 nitrogen and oxygen atoms in total. The van der Waals surface area contributed by atoms with Gasteiger partial charge in [-0.25, -0.2) is 13.6 Å². The number of halogens is 2. The molecule has 2 aromatic carbocycles. The van der Waals surface area contributed by atoms with E-state index in [1.165, 1.54) is 6.07 Å². The molecule has 1 aliphatic heterocycles. The Hall–Kier alpha value is -3.29. The molecule has 2 heterocycles. The molecule has 1 N–H and O–H groups in total. The zero-order valence-corrected chi connectivity index (χ0v) is 16.1. The third-order valence-electron chi connectivity index (χ3n) is 5.26. The van der Waals surface area contributed by atoms with Crippen molar-refractivity contribution in [3.63, 3.8) is 0 Å². The highest BCUT2D eigenvalue weighted by atomic mass is 19.1. The van der Waals surface area contributed by atoms with E-state index >= 15 is 0 Å². The highest BCUT2D eigenvalue weighted by Crippen LogP contribution is 2.33. The zero-order chi connectivity index (χ0) is 20.5. The normalized spacial score (nSPS) is 16.3. The second-order valence-corrected chi connectivity index (χ2v) is 7.11. The van der Waals surface area contributed by atoms with Gasteiger partial charge in [-0.15, -0.1) is 0 Å². The molecule has 0 unspecified atom stereocenters. The van der Waals surface area contributed by atoms with Gasteiger partial charge in [0.15, 0.2) is 0 Å². The number of likely N-dealkylation sites (tertiary alicyclic amines) is 1. The number of nitrogens with one attached hydrogen (secondary N) is 1. The van der Waals surface area contributed by atoms with E-state index in [-0.39, 0.29) is 23.3 Å². The summed E-state index contributed by atoms with van der Waals surface area (Å²) in [6.45, 7) is 4.48. The lowest BCUT2D eigenvalue weighted by Gasteiger charge is -2.23. The van der Waals surface area contributed by atoms with Crippen LogP contribution in [0.4, 0.5) is 19.3 Å². The van der Waals surface area contributed by atoms with Gasteiger partial charge in [0.05, 0.1) is 5.56 Å². The van der Waals surface area contributed by atoms with Crippen LogP contribution >= 0.6 is 0 Å². The fourth-order valence-corrected chi connectivity index (χ4v) is 3.49. The molecular formula is C21H20F2N4O2. The van der Waals surface area contributed by atoms with Crippen molar-refractivity contribution < 1.29 is 18.1 Å². The first-order valence-corrected chi connectivity index (χ1v) is 9.37. The Morgan fingerprint density at radius 2 is 2.07 bits per heavy atom. The number of rotatable bonds is 3. The van der Waals surface area contributed by atoms with Crippen LogP contribution in [-0.4, -0.2) is 27.6 Å². The number of aromatic nitrogens is 2. The largest absolute Gasteiger partial charge is 0.337 e. The Labute approximate surface area is 166 Å². The SMILES string of the molecule is Cc1cccc(NC(=O)N2CCC[C@H]2c2nc(-c3ccc(F)cc3F)no2)c1C. The molecule has 1 aromatic heterocycles. The molecule has 0 radical (unpaired) electrons. The Bertz CT molecular complexity index is 1070. The molecule has 1 aliphatic rings. The van der Waals surface area contributed by atoms with Crippen LogP contribution < -0.4 is 5.32 Å². The van der Waals surface area contributed by atoms with Gasteiger partial charge in [-0.2, -0.15) is 4.98 Å². The van der Waals surface area contributed by atoms with Gasteiger partial charge in [-0.05, 0) is 56.0 Å². The van der Waals surface area contributed by atoms with Crippen molar-refractivity contribution >= 4 is 11.7 Å². The first kappa shape index (κ1) is 19.0. The number of hydrogen-bond donors (Lipinski definition) is 1. The topological polar surface area (TPSA) is 71.3 Å². The highest BCUT2D eigenvalue weighted by molar-refractivity contribution is 5.90. The number of hydrogen-bond acceptors (Lipinski definition) is 4. The molecule has 1 saturated heterocycles. The van der Waals surface area contributed by atoms with Gasteiger partial charge in [0, 0.05) is 18.3 Å². The second-order valence-electron chi connectivity index (χ2n) is 7.11. The van der Waals surface area contributed by atoms with Gasteiger partial charge in [0.1, 0.15) is 17.7 Å². The molecule has 0 spiro atoms. The summed E-state index contributed by atoms with van der Waals surface area (Å²) >= 11 is 0. The first-order chi connectivity index (χ1) is 13.9. The summed E-state index contributed by atoms with van der Waals surface area (Å²) in [6.07, 6.45) is 1.45. The summed E-state index contributed by atoms with van der Waals surface area (Å²) in [5, 5.41) is 6.76. The molecule has 29 heavy (non-hydrogen) atoms. The molecule has 0 bridgehead atoms. The van der Waals surface area contributed by atoms with Gasteiger partial charge in [-0.1, -0.05) is 17.3 Å². The van der Waals surface area contributed by atoms with Crippen LogP contribution in [0.15, 0.2) is 40.9 Å². The minimum atomic E-state index is -0.770. The van der Waals surface area contributed by atoms with E-state index in [4.69, 9.17) is 4.52 Å². The molecular weight excluding hydrogens is 378 g/mol. The van der Waals surface area contributed by atoms with Crippen molar-refractivity contribution in [3.8, 4) is 11.4 Å². The number of benzene rings is 2. The molecule has 4 rings (SSSR count). The van der Waals surface area contributed by atoms with E-state index in [2.05, 4.69) is 15.5 Å². The maximum absolute atomic E-state index is 14.0. The minimum Gasteiger partial charge on any atom is -0.337 e. The van der Waals surface area contributed by atoms with E-state index in [1.807, 2.05) is 32.0 Å². The van der Waals surface area contributed by atoms with Crippen molar-refractivity contribution in [2.75, 3.05) is 11.9 Å². The van der Waals surface area contributed by atoms with Crippen molar-refractivity contribution in [2.45, 2.75) is 32.7 Å². The van der Waals surface area contributed by atoms with Crippen molar-refractivity contribution in [2.24, 2.45) is 0 Å². The number of amides is 2. The van der Waals surface area contributed by atoms with E-state index in [1.54, 1.807) is 4.90 Å². The van der Waals surface area contributed by atoms with Crippen LogP contribution in [0.1, 0.15) is 35.9 Å². The van der Waals surface area contributed by atoms with Crippen molar-refractivity contribution in [1.82, 2.24) is 15.0 Å². The van der Waals surface area contributed by atoms with Crippen LogP contribution in [-0.2, 0) is 0 Å². The lowest BCUT2D eigenvalue weighted by molar-refractivity contribution is 0.193. The smallest absolute Gasteiger partial charge is 0.322 e. The number of nitrogens with zero attached hydrogens (tertiary/aromatic N) is 3. The van der Waals surface area contributed by atoms with E-state index < -0.39 is 17.7 Å². The molecule has 1 atom stereocenters. The molecule has 2 amide bonds. The van der Waals surface area contributed by atoms with Gasteiger partial charge >= 0.3 is 6.03 Å². The van der Waals surface area contributed by atoms with Crippen LogP contribution in [0.25, 0.3) is 11.4 Å². The Kier molecular flexibility index (Phi) is 5.00. The third kappa shape index (κ3) is 3.70. The number of urea groups is 1. The monoisotopic (exact) mass is 398 g/mol. The summed E-state index contributed by atoms with van der Waals surface area (Å²) in [4.78, 5) is 18.8. The van der Waals surface area contributed by atoms with E-state index in [9.17, 15) is 13.6 Å². The third-order valence-corrected chi connectivity index (χ3v) is 5.26. The highest BCUT2D eigenvalue weighted by Gasteiger charge is 2.34. The lowest BCUT2D eigenvalue weighted by Crippen LogP contribution is -2.34. The molecule has 1 fully saturated rings. The quantitative estimate of drug-likeness (QED) is 0.674. The Balaban J connectivity index is 1.55. The number of carbonyl (C=O) groups excluding carboxylic acids is 1. The Morgan fingerprint density at radius 1 is 1.24 bits per heavy atom. The minimum absolute atomic E-state index is 0.0271. The van der Waals surface area contributed by atoms with E-state index in [0.29, 0.717) is 13.0 Å². The number of carbonyl (C=O) groups is 1. The molecule has 0 saturated carbocycles. The van der Waals surface area contributed by atoms with Crippen molar-refractivity contribution in [3.05, 3.63) is 65.1 Å². The van der Waals surface area contributed by atoms with Crippen LogP contribution in [0.5, 0.6) is 0 Å². The predicted molar refractivity (Wildman–Crippen MR) is 103 cm³/mol. The number of aryl methyl sites for hydroxylation is 1. The van der Waals surface area contributed by atoms with E-state index in [0.717, 1.165) is 35.4 Å². The second kappa shape index (κ2) is 7.62. The van der Waals surface area contributed by atoms with Gasteiger partial charge in [-0.3, -0.25) is 0 Å². The lowest BCUT2D eigenvalue weighted by atomic mass is 10.1. The fraction of sp³-hybridized carbons (Fsp3) is 0.286. The fourth-order valence-electron chi connectivity index (χ4n) is 3.49. The predicted octanol–water partition coefficient (Wildman–Crippen LogP) is 5.00. The maximum Gasteiger partial charge on any atom is 0.322 e. The number of anilines is 1. The summed E-state index contributed by atoms with van der Waals surface area (Å²) < 4.78 is 32.5. The molecule has 3 aromatic rings. The van der Waals surface area contributed by atoms with Gasteiger partial charge in [0.25, 0.3) is 0 Å². The first-order valence-electron chi connectivity index (χ1n) is 9.37. The van der Waals surface area contributed by atoms with Crippen LogP contribution in [0, 0.1) is 25.5 Å². The standard InChI is InChI=1S/C21H20F2N4O2/c1-12-5-3-6-17(13(12)2)24-21(28)27-10-4-7-18(27)20-25-19(26-29-20)15-9-8-14(22)11-16(15)23/h3,5-6,8-9,11,18H,4,7,10H2,1-2H3,(H,24,28)/t18-/m0/s1. The summed E-state index contributed by atoms with van der Waals surface area (Å²) in [5.41, 5.74) is 2.89. The summed E-state index contributed by atoms with van der Waals surface area (Å²) in [6, 6.07) is 8.24. The Morgan fingerprint density at radius 3 is 2.86 bits per heavy atom. The summed E-state index contributed by atoms with van der Waals surface area (Å²) in [7, 11) is 0. The summed E-state index contributed by atoms with van der Waals surface area (Å²) in [5.74, 6) is -1.19. The molecule has 8 heteroatoms. The van der Waals surface area contributed by atoms with Gasteiger partial charge < -0.3 is 14.7 Å². The molecule has 0 aliphatic carbocycles.